The summed E-state index contributed by atoms with van der Waals surface area (Å²) in [5, 5.41) is 13.6. The molecule has 1 aromatic heterocycles. The van der Waals surface area contributed by atoms with Crippen molar-refractivity contribution in [1.82, 2.24) is 9.78 Å². The van der Waals surface area contributed by atoms with Crippen LogP contribution in [-0.2, 0) is 11.3 Å². The van der Waals surface area contributed by atoms with E-state index in [1.54, 1.807) is 13.1 Å². The Balaban J connectivity index is 1.93. The number of rotatable bonds is 3. The van der Waals surface area contributed by atoms with Crippen LogP contribution in [0.2, 0.25) is 0 Å². The van der Waals surface area contributed by atoms with Crippen LogP contribution in [0.3, 0.4) is 0 Å². The van der Waals surface area contributed by atoms with E-state index in [1.807, 2.05) is 10.9 Å². The fourth-order valence-electron chi connectivity index (χ4n) is 1.92. The molecular formula is C11H18N2O2. The van der Waals surface area contributed by atoms with Gasteiger partial charge in [-0.2, -0.15) is 5.10 Å². The van der Waals surface area contributed by atoms with Gasteiger partial charge in [-0.05, 0) is 26.7 Å². The summed E-state index contributed by atoms with van der Waals surface area (Å²) in [5.74, 6) is 0. The second-order valence-electron chi connectivity index (χ2n) is 4.32. The van der Waals surface area contributed by atoms with E-state index in [-0.39, 0.29) is 6.10 Å². The Morgan fingerprint density at radius 2 is 2.47 bits per heavy atom. The third kappa shape index (κ3) is 2.58. The molecule has 4 nitrogen and oxygen atoms in total. The number of aliphatic hydroxyl groups is 1. The average Bonchev–Trinajstić information content (AvgIpc) is 2.76. The van der Waals surface area contributed by atoms with Crippen molar-refractivity contribution in [2.45, 2.75) is 51.5 Å². The molecule has 0 saturated carbocycles. The molecule has 15 heavy (non-hydrogen) atoms. The molecule has 84 valence electrons. The van der Waals surface area contributed by atoms with E-state index < -0.39 is 6.10 Å². The van der Waals surface area contributed by atoms with Crippen molar-refractivity contribution >= 4 is 0 Å². The highest BCUT2D eigenvalue weighted by Crippen LogP contribution is 2.20. The molecule has 1 aliphatic rings. The molecule has 0 aliphatic carbocycles. The lowest BCUT2D eigenvalue weighted by Crippen LogP contribution is -2.16. The monoisotopic (exact) mass is 210 g/mol. The van der Waals surface area contributed by atoms with Gasteiger partial charge in [0.15, 0.2) is 0 Å². The maximum absolute atomic E-state index is 9.36. The van der Waals surface area contributed by atoms with Crippen LogP contribution in [0, 0.1) is 0 Å². The molecule has 1 aromatic rings. The van der Waals surface area contributed by atoms with E-state index in [1.165, 1.54) is 0 Å². The topological polar surface area (TPSA) is 47.3 Å². The molecule has 1 aliphatic heterocycles. The van der Waals surface area contributed by atoms with E-state index in [0.717, 1.165) is 24.9 Å². The lowest BCUT2D eigenvalue weighted by Gasteiger charge is -2.10. The first-order valence-corrected chi connectivity index (χ1v) is 5.51. The Morgan fingerprint density at radius 3 is 3.00 bits per heavy atom. The minimum Gasteiger partial charge on any atom is -0.389 e. The molecule has 4 heteroatoms. The highest BCUT2D eigenvalue weighted by Gasteiger charge is 2.22. The first kappa shape index (κ1) is 10.6. The minimum absolute atomic E-state index is 0.279. The van der Waals surface area contributed by atoms with E-state index in [9.17, 15) is 5.11 Å². The molecule has 0 amide bonds. The number of ether oxygens (including phenoxy) is 1. The molecule has 3 unspecified atom stereocenters. The number of aliphatic hydroxyl groups excluding tert-OH is 1. The number of aromatic nitrogens is 2. The molecule has 3 atom stereocenters. The molecule has 2 rings (SSSR count). The first-order chi connectivity index (χ1) is 7.15. The van der Waals surface area contributed by atoms with E-state index in [2.05, 4.69) is 12.0 Å². The van der Waals surface area contributed by atoms with Crippen LogP contribution in [0.4, 0.5) is 0 Å². The van der Waals surface area contributed by atoms with Gasteiger partial charge >= 0.3 is 0 Å². The van der Waals surface area contributed by atoms with Gasteiger partial charge in [-0.3, -0.25) is 4.68 Å². The average molecular weight is 210 g/mol. The second kappa shape index (κ2) is 4.33. The van der Waals surface area contributed by atoms with Gasteiger partial charge in [0.2, 0.25) is 0 Å². The number of hydrogen-bond donors (Lipinski definition) is 1. The highest BCUT2D eigenvalue weighted by atomic mass is 16.5. The van der Waals surface area contributed by atoms with E-state index >= 15 is 0 Å². The molecule has 0 bridgehead atoms. The smallest absolute Gasteiger partial charge is 0.0792 e. The third-order valence-electron chi connectivity index (χ3n) is 2.85. The van der Waals surface area contributed by atoms with Gasteiger partial charge in [0.25, 0.3) is 0 Å². The van der Waals surface area contributed by atoms with Crippen LogP contribution in [0.1, 0.15) is 38.4 Å². The van der Waals surface area contributed by atoms with E-state index in [0.29, 0.717) is 6.10 Å². The Morgan fingerprint density at radius 1 is 1.67 bits per heavy atom. The predicted octanol–water partition coefficient (Wildman–Crippen LogP) is 1.50. The number of hydrogen-bond acceptors (Lipinski definition) is 3. The van der Waals surface area contributed by atoms with Crippen molar-refractivity contribution in [2.24, 2.45) is 0 Å². The Hall–Kier alpha value is -0.870. The second-order valence-corrected chi connectivity index (χ2v) is 4.32. The number of nitrogens with zero attached hydrogens (tertiary/aromatic N) is 2. The summed E-state index contributed by atoms with van der Waals surface area (Å²) >= 11 is 0. The van der Waals surface area contributed by atoms with Crippen LogP contribution < -0.4 is 0 Å². The Bertz CT molecular complexity index is 322. The van der Waals surface area contributed by atoms with Crippen LogP contribution in [0.25, 0.3) is 0 Å². The molecule has 0 aromatic carbocycles. The summed E-state index contributed by atoms with van der Waals surface area (Å²) in [6.07, 6.45) is 6.05. The minimum atomic E-state index is -0.442. The van der Waals surface area contributed by atoms with Crippen molar-refractivity contribution in [3.63, 3.8) is 0 Å². The highest BCUT2D eigenvalue weighted by molar-refractivity contribution is 5.06. The molecule has 0 radical (unpaired) electrons. The molecule has 1 saturated heterocycles. The zero-order valence-electron chi connectivity index (χ0n) is 9.26. The van der Waals surface area contributed by atoms with Gasteiger partial charge in [0.05, 0.1) is 31.1 Å². The van der Waals surface area contributed by atoms with Gasteiger partial charge in [-0.15, -0.1) is 0 Å². The Labute approximate surface area is 89.9 Å². The van der Waals surface area contributed by atoms with Gasteiger partial charge in [0.1, 0.15) is 0 Å². The fourth-order valence-corrected chi connectivity index (χ4v) is 1.92. The summed E-state index contributed by atoms with van der Waals surface area (Å²) in [6, 6.07) is 0. The molecule has 1 N–H and O–H groups in total. The maximum Gasteiger partial charge on any atom is 0.0792 e. The summed E-state index contributed by atoms with van der Waals surface area (Å²) in [5.41, 5.74) is 0.862. The lowest BCUT2D eigenvalue weighted by atomic mass is 10.2. The quantitative estimate of drug-likeness (QED) is 0.822. The standard InChI is InChI=1S/C11H18N2O2/c1-8-3-4-11(15-8)7-13-6-10(5-12-13)9(2)14/h5-6,8-9,11,14H,3-4,7H2,1-2H3. The van der Waals surface area contributed by atoms with Crippen molar-refractivity contribution in [3.05, 3.63) is 18.0 Å². The summed E-state index contributed by atoms with van der Waals surface area (Å²) in [6.45, 7) is 4.64. The SMILES string of the molecule is CC1CCC(Cn2cc(C(C)O)cn2)O1. The molecular weight excluding hydrogens is 192 g/mol. The normalized spacial score (nSPS) is 28.2. The zero-order chi connectivity index (χ0) is 10.8. The summed E-state index contributed by atoms with van der Waals surface area (Å²) in [4.78, 5) is 0. The third-order valence-corrected chi connectivity index (χ3v) is 2.85. The maximum atomic E-state index is 9.36. The van der Waals surface area contributed by atoms with Crippen LogP contribution in [-0.4, -0.2) is 27.1 Å². The molecule has 1 fully saturated rings. The van der Waals surface area contributed by atoms with Crippen molar-refractivity contribution in [3.8, 4) is 0 Å². The van der Waals surface area contributed by atoms with E-state index in [4.69, 9.17) is 4.74 Å². The lowest BCUT2D eigenvalue weighted by molar-refractivity contribution is 0.0436. The summed E-state index contributed by atoms with van der Waals surface area (Å²) in [7, 11) is 0. The van der Waals surface area contributed by atoms with Gasteiger partial charge in [-0.1, -0.05) is 0 Å². The summed E-state index contributed by atoms with van der Waals surface area (Å²) < 4.78 is 7.56. The predicted molar refractivity (Wildman–Crippen MR) is 56.4 cm³/mol. The van der Waals surface area contributed by atoms with Crippen LogP contribution >= 0.6 is 0 Å². The zero-order valence-corrected chi connectivity index (χ0v) is 9.26. The largest absolute Gasteiger partial charge is 0.389 e. The van der Waals surface area contributed by atoms with Gasteiger partial charge < -0.3 is 9.84 Å². The van der Waals surface area contributed by atoms with Crippen molar-refractivity contribution < 1.29 is 9.84 Å². The van der Waals surface area contributed by atoms with Crippen LogP contribution in [0.5, 0.6) is 0 Å². The van der Waals surface area contributed by atoms with Gasteiger partial charge in [-0.25, -0.2) is 0 Å². The Kier molecular flexibility index (Phi) is 3.07. The molecule has 0 spiro atoms. The van der Waals surface area contributed by atoms with Crippen molar-refractivity contribution in [2.75, 3.05) is 0 Å². The fraction of sp³-hybridized carbons (Fsp3) is 0.727. The van der Waals surface area contributed by atoms with Gasteiger partial charge in [0, 0.05) is 11.8 Å². The van der Waals surface area contributed by atoms with Crippen molar-refractivity contribution in [1.29, 1.82) is 0 Å². The first-order valence-electron chi connectivity index (χ1n) is 5.51. The molecule has 2 heterocycles. The van der Waals surface area contributed by atoms with Crippen LogP contribution in [0.15, 0.2) is 12.4 Å².